The third-order valence-electron chi connectivity index (χ3n) is 3.04. The molecule has 0 fully saturated rings. The number of allylic oxidation sites excluding steroid dienone is 7. The molecule has 1 N–H and O–H groups in total. The Kier molecular flexibility index (Phi) is 8.87. The third kappa shape index (κ3) is 13.0. The summed E-state index contributed by atoms with van der Waals surface area (Å²) in [7, 11) is 0. The molecule has 0 saturated heterocycles. The molecule has 108 valence electrons. The molecule has 1 nitrogen and oxygen atoms in total. The van der Waals surface area contributed by atoms with Crippen molar-refractivity contribution < 1.29 is 5.11 Å². The summed E-state index contributed by atoms with van der Waals surface area (Å²) in [5, 5.41) is 4.31. The lowest BCUT2D eigenvalue weighted by atomic mass is 10.1. The zero-order valence-corrected chi connectivity index (χ0v) is 13.1. The Morgan fingerprint density at radius 2 is 1.37 bits per heavy atom. The van der Waals surface area contributed by atoms with Gasteiger partial charge in [-0.1, -0.05) is 41.5 Å². The van der Waals surface area contributed by atoms with Gasteiger partial charge in [-0.15, -0.1) is 0 Å². The zero-order chi connectivity index (χ0) is 15.4. The molecule has 0 aromatic carbocycles. The van der Waals surface area contributed by atoms with Gasteiger partial charge in [0.25, 0.3) is 1.43 Å². The Morgan fingerprint density at radius 1 is 0.895 bits per heavy atom. The van der Waals surface area contributed by atoms with Gasteiger partial charge >= 0.3 is 0 Å². The molecule has 0 aliphatic carbocycles. The first-order valence-corrected chi connectivity index (χ1v) is 7.21. The van der Waals surface area contributed by atoms with Crippen LogP contribution in [0.15, 0.2) is 47.3 Å². The summed E-state index contributed by atoms with van der Waals surface area (Å²) in [5.74, 6) is 0.532. The van der Waals surface area contributed by atoms with Gasteiger partial charge in [0.2, 0.25) is 0 Å². The number of hydrogen-bond donors (Lipinski definition) is 1. The van der Waals surface area contributed by atoms with Crippen LogP contribution in [-0.4, -0.2) is 5.11 Å². The summed E-state index contributed by atoms with van der Waals surface area (Å²) in [6, 6.07) is 0. The molecule has 0 spiro atoms. The predicted molar refractivity (Wildman–Crippen MR) is 86.4 cm³/mol. The van der Waals surface area contributed by atoms with Crippen molar-refractivity contribution in [2.45, 2.75) is 66.2 Å². The predicted octanol–water partition coefficient (Wildman–Crippen LogP) is 6.26. The average molecular weight is 264 g/mol. The highest BCUT2D eigenvalue weighted by Gasteiger charge is 1.93. The van der Waals surface area contributed by atoms with Crippen LogP contribution >= 0.6 is 0 Å². The molecule has 1 heteroatoms. The fourth-order valence-corrected chi connectivity index (χ4v) is 1.82. The molecule has 0 aliphatic rings. The minimum Gasteiger partial charge on any atom is -0.513 e. The van der Waals surface area contributed by atoms with Crippen molar-refractivity contribution in [2.24, 2.45) is 0 Å². The van der Waals surface area contributed by atoms with E-state index in [1.54, 1.807) is 0 Å². The normalized spacial score (nSPS) is 12.9. The van der Waals surface area contributed by atoms with Gasteiger partial charge < -0.3 is 5.11 Å². The van der Waals surface area contributed by atoms with Crippen LogP contribution in [0.25, 0.3) is 1.43 Å². The Labute approximate surface area is 120 Å². The molecule has 0 aliphatic heterocycles. The lowest BCUT2D eigenvalue weighted by molar-refractivity contribution is 0.392. The fraction of sp³-hybridized carbons (Fsp3) is 0.556. The van der Waals surface area contributed by atoms with Crippen molar-refractivity contribution >= 4 is 0 Å². The molecular formula is C18H30O. The van der Waals surface area contributed by atoms with Gasteiger partial charge in [0.05, 0.1) is 5.76 Å². The first kappa shape index (κ1) is 15.8. The smallest absolute Gasteiger partial charge is 0.293 e. The Balaban J connectivity index is 3.88. The summed E-state index contributed by atoms with van der Waals surface area (Å²) >= 11 is 0. The second kappa shape index (κ2) is 10.7. The zero-order valence-electron chi connectivity index (χ0n) is 14.1. The number of aliphatic hydroxyl groups is 1. The van der Waals surface area contributed by atoms with E-state index in [1.165, 1.54) is 16.7 Å². The maximum absolute atomic E-state index is 6.70. The van der Waals surface area contributed by atoms with Gasteiger partial charge in [-0.2, -0.15) is 0 Å². The molecular weight excluding hydrogens is 232 g/mol. The van der Waals surface area contributed by atoms with Gasteiger partial charge in [0, 0.05) is 6.42 Å². The second-order valence-corrected chi connectivity index (χ2v) is 5.54. The van der Waals surface area contributed by atoms with E-state index in [2.05, 4.69) is 57.6 Å². The fourth-order valence-electron chi connectivity index (χ4n) is 1.82. The summed E-state index contributed by atoms with van der Waals surface area (Å²) in [6.07, 6.45) is 13.0. The number of hydrogen-bond acceptors (Lipinski definition) is 1. The van der Waals surface area contributed by atoms with Crippen LogP contribution in [0.1, 0.15) is 66.2 Å². The van der Waals surface area contributed by atoms with E-state index in [0.717, 1.165) is 38.5 Å². The van der Waals surface area contributed by atoms with E-state index in [0.29, 0.717) is 5.76 Å². The topological polar surface area (TPSA) is 20.2 Å². The van der Waals surface area contributed by atoms with Crippen LogP contribution in [-0.2, 0) is 0 Å². The number of aliphatic hydroxyl groups excluding tert-OH is 1. The van der Waals surface area contributed by atoms with Gasteiger partial charge in [-0.05, 0) is 59.8 Å². The molecule has 0 amide bonds. The summed E-state index contributed by atoms with van der Waals surface area (Å²) in [4.78, 5) is 0. The minimum absolute atomic E-state index is 0.532. The molecule has 0 atom stereocenters. The van der Waals surface area contributed by atoms with Crippen molar-refractivity contribution in [3.05, 3.63) is 47.3 Å². The van der Waals surface area contributed by atoms with Crippen LogP contribution in [0.5, 0.6) is 0 Å². The molecule has 0 aromatic heterocycles. The second-order valence-electron chi connectivity index (χ2n) is 5.54. The van der Waals surface area contributed by atoms with E-state index >= 15 is 0 Å². The quantitative estimate of drug-likeness (QED) is 0.365. The molecule has 0 unspecified atom stereocenters. The molecule has 0 aromatic rings. The van der Waals surface area contributed by atoms with Crippen LogP contribution in [0.4, 0.5) is 0 Å². The van der Waals surface area contributed by atoms with Gasteiger partial charge in [0.15, 0.2) is 0 Å². The molecule has 0 saturated carbocycles. The Hall–Kier alpha value is -1.24. The Morgan fingerprint density at radius 3 is 1.84 bits per heavy atom. The molecule has 0 rings (SSSR count). The standard InChI is InChI=1S/C18H30O/c1-15(2)9-6-10-16(3)11-7-12-17(4)13-8-14-18(5)19/h9,11,13,19H,5-8,10,12,14H2,1-4H3/b16-11+,17-13+/i/hT. The highest BCUT2D eigenvalue weighted by Crippen LogP contribution is 2.12. The van der Waals surface area contributed by atoms with E-state index < -0.39 is 0 Å². The van der Waals surface area contributed by atoms with Crippen LogP contribution in [0.2, 0.25) is 0 Å². The summed E-state index contributed by atoms with van der Waals surface area (Å²) in [5.41, 5.74) is 4.28. The van der Waals surface area contributed by atoms with E-state index in [-0.39, 0.29) is 0 Å². The van der Waals surface area contributed by atoms with Gasteiger partial charge in [0.1, 0.15) is 0 Å². The van der Waals surface area contributed by atoms with Crippen molar-refractivity contribution in [1.29, 1.82) is 1.43 Å². The summed E-state index contributed by atoms with van der Waals surface area (Å²) < 4.78 is 6.70. The first-order valence-electron chi connectivity index (χ1n) is 7.62. The van der Waals surface area contributed by atoms with E-state index in [9.17, 15) is 0 Å². The Bertz CT molecular complexity index is 371. The first-order chi connectivity index (χ1) is 9.45. The maximum Gasteiger partial charge on any atom is 0.293 e. The van der Waals surface area contributed by atoms with Crippen LogP contribution < -0.4 is 0 Å². The summed E-state index contributed by atoms with van der Waals surface area (Å²) in [6.45, 7) is 12.3. The highest BCUT2D eigenvalue weighted by molar-refractivity contribution is 5.05. The molecule has 19 heavy (non-hydrogen) atoms. The SMILES string of the molecule is [3H]OC(=C)CC/C=C(\C)CC/C=C(\C)CCC=C(C)C. The highest BCUT2D eigenvalue weighted by atomic mass is 16.3. The molecule has 0 radical (unpaired) electrons. The lowest BCUT2D eigenvalue weighted by Gasteiger charge is -2.01. The number of rotatable bonds is 10. The molecule has 0 bridgehead atoms. The third-order valence-corrected chi connectivity index (χ3v) is 3.04. The van der Waals surface area contributed by atoms with Crippen LogP contribution in [0.3, 0.4) is 0 Å². The van der Waals surface area contributed by atoms with Gasteiger partial charge in [-0.3, -0.25) is 0 Å². The minimum atomic E-state index is 0.532. The average Bonchev–Trinajstić information content (AvgIpc) is 2.38. The van der Waals surface area contributed by atoms with Gasteiger partial charge in [-0.25, -0.2) is 0 Å². The van der Waals surface area contributed by atoms with Crippen molar-refractivity contribution in [1.82, 2.24) is 0 Å². The molecule has 0 heterocycles. The lowest BCUT2D eigenvalue weighted by Crippen LogP contribution is -1.82. The van der Waals surface area contributed by atoms with Crippen molar-refractivity contribution in [3.63, 3.8) is 0 Å². The van der Waals surface area contributed by atoms with Crippen molar-refractivity contribution in [2.75, 3.05) is 0 Å². The largest absolute Gasteiger partial charge is 0.513 e. The maximum atomic E-state index is 6.70. The monoisotopic (exact) mass is 264 g/mol. The van der Waals surface area contributed by atoms with E-state index in [1.807, 2.05) is 0 Å². The van der Waals surface area contributed by atoms with Crippen molar-refractivity contribution in [3.8, 4) is 0 Å². The van der Waals surface area contributed by atoms with E-state index in [4.69, 9.17) is 1.43 Å². The van der Waals surface area contributed by atoms with Crippen LogP contribution in [0, 0.1) is 0 Å².